The maximum atomic E-state index is 12.1. The molecule has 0 amide bonds. The highest BCUT2D eigenvalue weighted by atomic mass is 16.7. The molecule has 2 fully saturated rings. The lowest BCUT2D eigenvalue weighted by Gasteiger charge is -2.53. The zero-order valence-electron chi connectivity index (χ0n) is 32.2. The Morgan fingerprint density at radius 2 is 1.02 bits per heavy atom. The van der Waals surface area contributed by atoms with Crippen LogP contribution < -0.4 is 0 Å². The van der Waals surface area contributed by atoms with Gasteiger partial charge in [0.1, 0.15) is 24.4 Å². The highest BCUT2D eigenvalue weighted by Crippen LogP contribution is 2.42. The monoisotopic (exact) mass is 737 g/mol. The van der Waals surface area contributed by atoms with E-state index in [9.17, 15) is 4.79 Å². The first-order valence-corrected chi connectivity index (χ1v) is 19.0. The fraction of sp³-hybridized carbons (Fsp3) is 0.444. The molecule has 4 aromatic carbocycles. The molecule has 2 aliphatic heterocycles. The number of piperidine rings is 1. The summed E-state index contributed by atoms with van der Waals surface area (Å²) in [5.74, 6) is -0.348. The summed E-state index contributed by atoms with van der Waals surface area (Å²) in [6, 6.07) is 40.4. The maximum absolute atomic E-state index is 12.1. The minimum Gasteiger partial charge on any atom is -0.374 e. The van der Waals surface area contributed by atoms with Gasteiger partial charge in [-0.1, -0.05) is 121 Å². The van der Waals surface area contributed by atoms with Crippen molar-refractivity contribution in [2.75, 3.05) is 6.61 Å². The van der Waals surface area contributed by atoms with Crippen LogP contribution >= 0.6 is 0 Å². The second-order valence-corrected chi connectivity index (χ2v) is 15.5. The summed E-state index contributed by atoms with van der Waals surface area (Å²) in [4.78, 5) is 17.9. The van der Waals surface area contributed by atoms with Gasteiger partial charge in [0, 0.05) is 6.92 Å². The minimum absolute atomic E-state index is 0.243. The van der Waals surface area contributed by atoms with Crippen molar-refractivity contribution in [3.8, 4) is 0 Å². The molecule has 0 saturated carbocycles. The average molecular weight is 738 g/mol. The van der Waals surface area contributed by atoms with Gasteiger partial charge in [0.05, 0.1) is 50.2 Å². The second kappa shape index (κ2) is 18.6. The zero-order valence-corrected chi connectivity index (χ0v) is 32.2. The van der Waals surface area contributed by atoms with Crippen molar-refractivity contribution in [3.05, 3.63) is 144 Å². The lowest BCUT2D eigenvalue weighted by Crippen LogP contribution is -2.65. The summed E-state index contributed by atoms with van der Waals surface area (Å²) in [5.41, 5.74) is 3.11. The van der Waals surface area contributed by atoms with Crippen molar-refractivity contribution >= 4 is 5.97 Å². The number of ether oxygens (including phenoxy) is 6. The van der Waals surface area contributed by atoms with Crippen molar-refractivity contribution in [2.45, 2.75) is 122 Å². The lowest BCUT2D eigenvalue weighted by molar-refractivity contribution is -0.348. The third-order valence-electron chi connectivity index (χ3n) is 9.94. The van der Waals surface area contributed by atoms with Gasteiger partial charge in [-0.25, -0.2) is 0 Å². The first-order chi connectivity index (χ1) is 26.1. The largest absolute Gasteiger partial charge is 0.374 e. The van der Waals surface area contributed by atoms with E-state index in [2.05, 4.69) is 39.8 Å². The summed E-state index contributed by atoms with van der Waals surface area (Å²) in [7, 11) is 0. The quantitative estimate of drug-likeness (QED) is 0.113. The Morgan fingerprint density at radius 1 is 0.611 bits per heavy atom. The van der Waals surface area contributed by atoms with E-state index in [1.807, 2.05) is 114 Å². The average Bonchev–Trinajstić information content (AvgIpc) is 3.16. The van der Waals surface area contributed by atoms with Gasteiger partial charge in [-0.05, 0) is 62.8 Å². The van der Waals surface area contributed by atoms with E-state index in [0.717, 1.165) is 22.3 Å². The molecule has 0 bridgehead atoms. The molecule has 2 saturated heterocycles. The van der Waals surface area contributed by atoms with Crippen molar-refractivity contribution in [3.63, 3.8) is 0 Å². The third kappa shape index (κ3) is 10.9. The molecule has 4 aromatic rings. The van der Waals surface area contributed by atoms with Crippen LogP contribution in [0.1, 0.15) is 69.7 Å². The molecule has 0 radical (unpaired) electrons. The van der Waals surface area contributed by atoms with Crippen LogP contribution in [0.3, 0.4) is 0 Å². The first-order valence-electron chi connectivity index (χ1n) is 19.0. The number of rotatable bonds is 16. The molecule has 9 heteroatoms. The van der Waals surface area contributed by atoms with Crippen molar-refractivity contribution in [1.82, 2.24) is 5.06 Å². The Bertz CT molecular complexity index is 1690. The Morgan fingerprint density at radius 3 is 1.46 bits per heavy atom. The van der Waals surface area contributed by atoms with Gasteiger partial charge in [0.2, 0.25) is 0 Å². The summed E-state index contributed by atoms with van der Waals surface area (Å²) < 4.78 is 40.9. The molecule has 6 rings (SSSR count). The Labute approximate surface area is 320 Å². The van der Waals surface area contributed by atoms with E-state index >= 15 is 0 Å². The van der Waals surface area contributed by atoms with Crippen LogP contribution in [0.25, 0.3) is 0 Å². The number of carbonyl (C=O) groups is 1. The summed E-state index contributed by atoms with van der Waals surface area (Å²) in [5, 5.41) is 1.81. The number of benzene rings is 4. The fourth-order valence-corrected chi connectivity index (χ4v) is 7.69. The van der Waals surface area contributed by atoms with Crippen LogP contribution in [0, 0.1) is 0 Å². The SMILES string of the molecule is CC(=O)ON1C(C)(C)CC(O[C@H]2O[C@H](COCc3ccccc3)[C@@H](OCc3ccccc3)[C@H](OCc3ccccc3)[C@H]2OCc2ccccc2)CC1(C)C. The van der Waals surface area contributed by atoms with Gasteiger partial charge in [-0.15, -0.1) is 5.06 Å². The molecule has 54 heavy (non-hydrogen) atoms. The molecular weight excluding hydrogens is 682 g/mol. The molecule has 0 N–H and O–H groups in total. The predicted octanol–water partition coefficient (Wildman–Crippen LogP) is 8.20. The standard InChI is InChI=1S/C45H55NO8/c1-33(47)54-46-44(2,3)26-38(27-45(46,4)5)52-43-42(51-31-37-24-16-9-17-25-37)41(50-30-36-22-14-8-15-23-36)40(49-29-35-20-12-7-13-21-35)39(53-43)32-48-28-34-18-10-6-11-19-34/h6-25,38-43H,26-32H2,1-5H3/t39-,40-,41+,42-,43+/m1/s1. The smallest absolute Gasteiger partial charge is 0.322 e. The Kier molecular flexibility index (Phi) is 13.7. The number of carbonyl (C=O) groups excluding carboxylic acids is 1. The van der Waals surface area contributed by atoms with Crippen LogP contribution in [0.4, 0.5) is 0 Å². The zero-order chi connectivity index (χ0) is 38.0. The number of hydroxylamine groups is 2. The predicted molar refractivity (Wildman–Crippen MR) is 206 cm³/mol. The molecule has 0 aromatic heterocycles. The van der Waals surface area contributed by atoms with Gasteiger partial charge in [0.25, 0.3) is 0 Å². The maximum Gasteiger partial charge on any atom is 0.322 e. The summed E-state index contributed by atoms with van der Waals surface area (Å²) in [6.07, 6.45) is -2.28. The summed E-state index contributed by atoms with van der Waals surface area (Å²) >= 11 is 0. The van der Waals surface area contributed by atoms with Gasteiger partial charge in [-0.2, -0.15) is 0 Å². The van der Waals surface area contributed by atoms with Crippen LogP contribution in [0.15, 0.2) is 121 Å². The highest BCUT2D eigenvalue weighted by molar-refractivity contribution is 5.65. The van der Waals surface area contributed by atoms with E-state index in [4.69, 9.17) is 33.3 Å². The van der Waals surface area contributed by atoms with E-state index < -0.39 is 41.8 Å². The van der Waals surface area contributed by atoms with Gasteiger partial charge < -0.3 is 33.3 Å². The van der Waals surface area contributed by atoms with E-state index in [0.29, 0.717) is 39.3 Å². The molecule has 5 atom stereocenters. The number of nitrogens with zero attached hydrogens (tertiary/aromatic N) is 1. The molecule has 2 aliphatic rings. The third-order valence-corrected chi connectivity index (χ3v) is 9.94. The topological polar surface area (TPSA) is 84.9 Å². The molecular formula is C45H55NO8. The number of hydrogen-bond donors (Lipinski definition) is 0. The van der Waals surface area contributed by atoms with E-state index in [1.54, 1.807) is 0 Å². The molecule has 9 nitrogen and oxygen atoms in total. The van der Waals surface area contributed by atoms with Crippen molar-refractivity contribution < 1.29 is 38.1 Å². The molecule has 0 spiro atoms. The lowest BCUT2D eigenvalue weighted by atomic mass is 9.80. The number of hydrogen-bond acceptors (Lipinski definition) is 9. The van der Waals surface area contributed by atoms with Crippen molar-refractivity contribution in [1.29, 1.82) is 0 Å². The van der Waals surface area contributed by atoms with Crippen LogP contribution in [0.2, 0.25) is 0 Å². The molecule has 2 heterocycles. The normalized spacial score (nSPS) is 24.2. The molecule has 288 valence electrons. The van der Waals surface area contributed by atoms with Gasteiger partial charge in [0.15, 0.2) is 6.29 Å². The van der Waals surface area contributed by atoms with Crippen molar-refractivity contribution in [2.24, 2.45) is 0 Å². The highest BCUT2D eigenvalue weighted by Gasteiger charge is 2.53. The van der Waals surface area contributed by atoms with Crippen LogP contribution in [-0.2, 0) is 64.5 Å². The van der Waals surface area contributed by atoms with E-state index in [1.165, 1.54) is 6.92 Å². The van der Waals surface area contributed by atoms with E-state index in [-0.39, 0.29) is 18.7 Å². The minimum atomic E-state index is -0.826. The molecule has 0 aliphatic carbocycles. The van der Waals surface area contributed by atoms with Crippen LogP contribution in [0.5, 0.6) is 0 Å². The van der Waals surface area contributed by atoms with Gasteiger partial charge in [-0.3, -0.25) is 4.79 Å². The summed E-state index contributed by atoms with van der Waals surface area (Å²) in [6.45, 7) is 11.4. The van der Waals surface area contributed by atoms with Crippen LogP contribution in [-0.4, -0.2) is 65.5 Å². The Balaban J connectivity index is 1.33. The Hall–Kier alpha value is -3.93. The fourth-order valence-electron chi connectivity index (χ4n) is 7.69. The van der Waals surface area contributed by atoms with Gasteiger partial charge >= 0.3 is 5.97 Å². The first kappa shape index (κ1) is 39.8. The molecule has 0 unspecified atom stereocenters. The second-order valence-electron chi connectivity index (χ2n) is 15.5.